The topological polar surface area (TPSA) is 57.6 Å². The summed E-state index contributed by atoms with van der Waals surface area (Å²) in [7, 11) is -3.63. The molecule has 21 heavy (non-hydrogen) atoms. The van der Waals surface area contributed by atoms with Crippen molar-refractivity contribution in [2.75, 3.05) is 6.54 Å². The van der Waals surface area contributed by atoms with Gasteiger partial charge in [0.05, 0.1) is 17.9 Å². The van der Waals surface area contributed by atoms with Gasteiger partial charge in [-0.05, 0) is 25.3 Å². The van der Waals surface area contributed by atoms with Crippen LogP contribution in [0.1, 0.15) is 38.2 Å². The molecule has 0 saturated carbocycles. The maximum Gasteiger partial charge on any atom is 0.218 e. The van der Waals surface area contributed by atoms with Gasteiger partial charge in [0.25, 0.3) is 0 Å². The van der Waals surface area contributed by atoms with Gasteiger partial charge in [-0.1, -0.05) is 31.5 Å². The van der Waals surface area contributed by atoms with Crippen LogP contribution in [0, 0.1) is 5.82 Å². The van der Waals surface area contributed by atoms with E-state index in [1.54, 1.807) is 6.07 Å². The van der Waals surface area contributed by atoms with Crippen molar-refractivity contribution < 1.29 is 17.9 Å². The van der Waals surface area contributed by atoms with Gasteiger partial charge in [-0.2, -0.15) is 4.31 Å². The first-order valence-corrected chi connectivity index (χ1v) is 8.97. The van der Waals surface area contributed by atoms with E-state index in [0.717, 1.165) is 12.8 Å². The second kappa shape index (κ2) is 6.85. The molecule has 2 unspecified atom stereocenters. The highest BCUT2D eigenvalue weighted by Crippen LogP contribution is 2.26. The molecule has 1 aromatic rings. The number of halogens is 1. The number of nitrogens with zero attached hydrogens (tertiary/aromatic N) is 1. The summed E-state index contributed by atoms with van der Waals surface area (Å²) in [4.78, 5) is 0. The predicted molar refractivity (Wildman–Crippen MR) is 79.7 cm³/mol. The molecule has 0 aliphatic carbocycles. The maximum absolute atomic E-state index is 13.7. The number of benzene rings is 1. The minimum atomic E-state index is -3.63. The van der Waals surface area contributed by atoms with E-state index in [0.29, 0.717) is 19.4 Å². The fourth-order valence-corrected chi connectivity index (χ4v) is 4.69. The molecule has 1 aliphatic rings. The summed E-state index contributed by atoms with van der Waals surface area (Å²) in [5, 5.41) is 10.1. The molecule has 0 radical (unpaired) electrons. The number of sulfonamides is 1. The smallest absolute Gasteiger partial charge is 0.218 e. The van der Waals surface area contributed by atoms with Crippen molar-refractivity contribution >= 4 is 10.0 Å². The van der Waals surface area contributed by atoms with Crippen LogP contribution in [0.4, 0.5) is 4.39 Å². The van der Waals surface area contributed by atoms with Crippen LogP contribution in [0.2, 0.25) is 0 Å². The van der Waals surface area contributed by atoms with E-state index in [4.69, 9.17) is 0 Å². The number of piperidine rings is 1. The summed E-state index contributed by atoms with van der Waals surface area (Å²) in [6, 6.07) is 5.53. The Labute approximate surface area is 125 Å². The molecule has 0 aromatic heterocycles. The number of hydrogen-bond acceptors (Lipinski definition) is 3. The lowest BCUT2D eigenvalue weighted by Gasteiger charge is -2.37. The molecular weight excluding hydrogens is 293 g/mol. The van der Waals surface area contributed by atoms with E-state index in [9.17, 15) is 17.9 Å². The molecule has 1 heterocycles. The number of hydrogen-bond donors (Lipinski definition) is 1. The van der Waals surface area contributed by atoms with Gasteiger partial charge in [0.2, 0.25) is 10.0 Å². The fraction of sp³-hybridized carbons (Fsp3) is 0.600. The zero-order valence-electron chi connectivity index (χ0n) is 12.2. The van der Waals surface area contributed by atoms with Crippen LogP contribution in [0.25, 0.3) is 0 Å². The van der Waals surface area contributed by atoms with Crippen molar-refractivity contribution in [2.45, 2.75) is 50.5 Å². The zero-order valence-corrected chi connectivity index (χ0v) is 13.0. The van der Waals surface area contributed by atoms with E-state index in [1.807, 2.05) is 6.92 Å². The Morgan fingerprint density at radius 2 is 2.10 bits per heavy atom. The number of aliphatic hydroxyl groups excluding tert-OH is 1. The van der Waals surface area contributed by atoms with Crippen LogP contribution in [0.15, 0.2) is 24.3 Å². The Morgan fingerprint density at radius 1 is 1.38 bits per heavy atom. The van der Waals surface area contributed by atoms with Crippen LogP contribution in [0.5, 0.6) is 0 Å². The summed E-state index contributed by atoms with van der Waals surface area (Å²) in [6.07, 6.45) is 2.19. The average Bonchev–Trinajstić information content (AvgIpc) is 2.48. The van der Waals surface area contributed by atoms with Gasteiger partial charge in [-0.3, -0.25) is 0 Å². The molecule has 118 valence electrons. The van der Waals surface area contributed by atoms with Crippen LogP contribution >= 0.6 is 0 Å². The van der Waals surface area contributed by atoms with E-state index >= 15 is 0 Å². The Kier molecular flexibility index (Phi) is 5.35. The van der Waals surface area contributed by atoms with E-state index in [1.165, 1.54) is 22.5 Å². The summed E-state index contributed by atoms with van der Waals surface area (Å²) in [5.74, 6) is -0.863. The lowest BCUT2D eigenvalue weighted by molar-refractivity contribution is 0.0666. The first kappa shape index (κ1) is 16.4. The van der Waals surface area contributed by atoms with Gasteiger partial charge in [-0.25, -0.2) is 12.8 Å². The first-order chi connectivity index (χ1) is 9.95. The summed E-state index contributed by atoms with van der Waals surface area (Å²) in [5.41, 5.74) is 0.174. The van der Waals surface area contributed by atoms with Gasteiger partial charge in [0.15, 0.2) is 0 Å². The standard InChI is InChI=1S/C15H22FNO3S/c1-2-15(18)14-9-5-6-10-17(14)21(19,20)11-12-7-3-4-8-13(12)16/h3-4,7-8,14-15,18H,2,5-6,9-11H2,1H3. The van der Waals surface area contributed by atoms with E-state index < -0.39 is 21.9 Å². The highest BCUT2D eigenvalue weighted by molar-refractivity contribution is 7.88. The highest BCUT2D eigenvalue weighted by Gasteiger charge is 2.36. The van der Waals surface area contributed by atoms with Gasteiger partial charge in [0, 0.05) is 12.1 Å². The SMILES string of the molecule is CCC(O)C1CCCCN1S(=O)(=O)Cc1ccccc1F. The molecular formula is C15H22FNO3S. The van der Waals surface area contributed by atoms with Gasteiger partial charge in [0.1, 0.15) is 5.82 Å². The minimum absolute atomic E-state index is 0.174. The molecule has 1 N–H and O–H groups in total. The Bertz CT molecular complexity index is 576. The van der Waals surface area contributed by atoms with Gasteiger partial charge in [-0.15, -0.1) is 0 Å². The fourth-order valence-electron chi connectivity index (χ4n) is 2.83. The third-order valence-electron chi connectivity index (χ3n) is 4.01. The third kappa shape index (κ3) is 3.81. The van der Waals surface area contributed by atoms with Crippen molar-refractivity contribution in [2.24, 2.45) is 0 Å². The molecule has 1 aromatic carbocycles. The average molecular weight is 315 g/mol. The molecule has 6 heteroatoms. The monoisotopic (exact) mass is 315 g/mol. The Hall–Kier alpha value is -0.980. The third-order valence-corrected chi connectivity index (χ3v) is 5.86. The largest absolute Gasteiger partial charge is 0.391 e. The Morgan fingerprint density at radius 3 is 2.76 bits per heavy atom. The quantitative estimate of drug-likeness (QED) is 0.907. The predicted octanol–water partition coefficient (Wildman–Crippen LogP) is 2.28. The van der Waals surface area contributed by atoms with Crippen LogP contribution in [0.3, 0.4) is 0 Å². The van der Waals surface area contributed by atoms with Gasteiger partial charge < -0.3 is 5.11 Å². The lowest BCUT2D eigenvalue weighted by Crippen LogP contribution is -2.49. The minimum Gasteiger partial charge on any atom is -0.391 e. The Balaban J connectivity index is 2.22. The van der Waals surface area contributed by atoms with Crippen LogP contribution in [-0.4, -0.2) is 36.5 Å². The summed E-state index contributed by atoms with van der Waals surface area (Å²) >= 11 is 0. The zero-order chi connectivity index (χ0) is 15.5. The molecule has 1 saturated heterocycles. The second-order valence-corrected chi connectivity index (χ2v) is 7.42. The molecule has 0 bridgehead atoms. The van der Waals surface area contributed by atoms with Crippen LogP contribution in [-0.2, 0) is 15.8 Å². The molecule has 4 nitrogen and oxygen atoms in total. The van der Waals surface area contributed by atoms with Crippen molar-refractivity contribution in [1.82, 2.24) is 4.31 Å². The molecule has 1 fully saturated rings. The number of rotatable bonds is 5. The number of aliphatic hydroxyl groups is 1. The van der Waals surface area contributed by atoms with Crippen molar-refractivity contribution in [3.8, 4) is 0 Å². The molecule has 0 amide bonds. The highest BCUT2D eigenvalue weighted by atomic mass is 32.2. The lowest BCUT2D eigenvalue weighted by atomic mass is 9.98. The van der Waals surface area contributed by atoms with E-state index in [2.05, 4.69) is 0 Å². The van der Waals surface area contributed by atoms with E-state index in [-0.39, 0.29) is 17.4 Å². The van der Waals surface area contributed by atoms with Crippen LogP contribution < -0.4 is 0 Å². The second-order valence-electron chi connectivity index (χ2n) is 5.50. The summed E-state index contributed by atoms with van der Waals surface area (Å²) < 4.78 is 40.2. The molecule has 0 spiro atoms. The maximum atomic E-state index is 13.7. The van der Waals surface area contributed by atoms with Crippen molar-refractivity contribution in [3.63, 3.8) is 0 Å². The van der Waals surface area contributed by atoms with Crippen molar-refractivity contribution in [1.29, 1.82) is 0 Å². The molecule has 2 rings (SSSR count). The summed E-state index contributed by atoms with van der Waals surface area (Å²) in [6.45, 7) is 2.24. The first-order valence-electron chi connectivity index (χ1n) is 7.36. The normalized spacial score (nSPS) is 22.1. The molecule has 2 atom stereocenters. The van der Waals surface area contributed by atoms with Crippen molar-refractivity contribution in [3.05, 3.63) is 35.6 Å². The molecule has 1 aliphatic heterocycles. The van der Waals surface area contributed by atoms with Gasteiger partial charge >= 0.3 is 0 Å².